The van der Waals surface area contributed by atoms with E-state index in [0.29, 0.717) is 12.1 Å². The fourth-order valence-electron chi connectivity index (χ4n) is 3.47. The van der Waals surface area contributed by atoms with Crippen LogP contribution in [0.15, 0.2) is 36.4 Å². The number of para-hydroxylation sites is 1. The molecule has 0 spiro atoms. The molecule has 25 heavy (non-hydrogen) atoms. The Morgan fingerprint density at radius 1 is 1.00 bits per heavy atom. The maximum Gasteiger partial charge on any atom is 0.288 e. The van der Waals surface area contributed by atoms with E-state index in [2.05, 4.69) is 15.8 Å². The molecule has 5 heteroatoms. The zero-order valence-corrected chi connectivity index (χ0v) is 14.5. The van der Waals surface area contributed by atoms with Crippen LogP contribution in [0.5, 0.6) is 0 Å². The van der Waals surface area contributed by atoms with Crippen LogP contribution < -0.4 is 10.9 Å². The van der Waals surface area contributed by atoms with Gasteiger partial charge in [-0.15, -0.1) is 0 Å². The molecule has 1 saturated carbocycles. The lowest BCUT2D eigenvalue weighted by molar-refractivity contribution is -0.122. The Balaban J connectivity index is 1.42. The summed E-state index contributed by atoms with van der Waals surface area (Å²) in [6, 6.07) is 11.1. The van der Waals surface area contributed by atoms with Gasteiger partial charge in [-0.05, 0) is 30.9 Å². The summed E-state index contributed by atoms with van der Waals surface area (Å²) in [7, 11) is 0. The van der Waals surface area contributed by atoms with Crippen molar-refractivity contribution in [3.8, 4) is 0 Å². The average molecular weight is 339 g/mol. The lowest BCUT2D eigenvalue weighted by Gasteiger charge is -2.21. The molecule has 0 saturated heterocycles. The third-order valence-corrected chi connectivity index (χ3v) is 4.89. The predicted octanol–water partition coefficient (Wildman–Crippen LogP) is 3.75. The largest absolute Gasteiger partial charge is 0.288 e. The highest BCUT2D eigenvalue weighted by atomic mass is 16.2. The maximum atomic E-state index is 12.1. The van der Waals surface area contributed by atoms with Gasteiger partial charge in [0.05, 0.1) is 5.52 Å². The van der Waals surface area contributed by atoms with Gasteiger partial charge in [0.2, 0.25) is 5.91 Å². The van der Waals surface area contributed by atoms with Crippen LogP contribution in [0.3, 0.4) is 0 Å². The highest BCUT2D eigenvalue weighted by molar-refractivity contribution is 5.95. The Hall–Kier alpha value is -2.43. The number of amides is 2. The van der Waals surface area contributed by atoms with E-state index < -0.39 is 5.91 Å². The molecular formula is C20H25N3O2. The molecule has 1 heterocycles. The third kappa shape index (κ3) is 5.02. The lowest BCUT2D eigenvalue weighted by Crippen LogP contribution is -2.41. The van der Waals surface area contributed by atoms with E-state index in [1.54, 1.807) is 6.07 Å². The van der Waals surface area contributed by atoms with Gasteiger partial charge < -0.3 is 0 Å². The number of nitrogens with one attached hydrogen (secondary N) is 2. The van der Waals surface area contributed by atoms with E-state index in [4.69, 9.17) is 0 Å². The van der Waals surface area contributed by atoms with Crippen molar-refractivity contribution in [2.24, 2.45) is 5.92 Å². The Labute approximate surface area is 148 Å². The molecule has 1 aliphatic carbocycles. The first-order chi connectivity index (χ1) is 12.2. The SMILES string of the molecule is O=C(CCCC1CCCCC1)NNC(=O)c1ccc2ccccc2n1. The van der Waals surface area contributed by atoms with E-state index in [9.17, 15) is 9.59 Å². The molecule has 1 aromatic carbocycles. The number of pyridine rings is 1. The molecule has 1 aromatic heterocycles. The van der Waals surface area contributed by atoms with Gasteiger partial charge in [0.1, 0.15) is 5.69 Å². The zero-order chi connectivity index (χ0) is 17.5. The first-order valence-corrected chi connectivity index (χ1v) is 9.17. The van der Waals surface area contributed by atoms with E-state index in [1.165, 1.54) is 32.1 Å². The van der Waals surface area contributed by atoms with Crippen molar-refractivity contribution >= 4 is 22.7 Å². The molecule has 0 bridgehead atoms. The number of nitrogens with zero attached hydrogens (tertiary/aromatic N) is 1. The molecule has 3 rings (SSSR count). The van der Waals surface area contributed by atoms with E-state index in [0.717, 1.165) is 29.7 Å². The van der Waals surface area contributed by atoms with Crippen LogP contribution in [0, 0.1) is 5.92 Å². The average Bonchev–Trinajstić information content (AvgIpc) is 2.66. The van der Waals surface area contributed by atoms with Gasteiger partial charge in [0.15, 0.2) is 0 Å². The van der Waals surface area contributed by atoms with Gasteiger partial charge in [-0.2, -0.15) is 0 Å². The Bertz CT molecular complexity index is 739. The van der Waals surface area contributed by atoms with Crippen LogP contribution >= 0.6 is 0 Å². The number of fused-ring (bicyclic) bond motifs is 1. The summed E-state index contributed by atoms with van der Waals surface area (Å²) < 4.78 is 0. The highest BCUT2D eigenvalue weighted by Gasteiger charge is 2.14. The van der Waals surface area contributed by atoms with E-state index in [1.807, 2.05) is 30.3 Å². The minimum Gasteiger partial charge on any atom is -0.273 e. The minimum atomic E-state index is -0.397. The van der Waals surface area contributed by atoms with Crippen molar-refractivity contribution in [2.45, 2.75) is 51.4 Å². The molecular weight excluding hydrogens is 314 g/mol. The molecule has 0 aliphatic heterocycles. The number of aromatic nitrogens is 1. The summed E-state index contributed by atoms with van der Waals surface area (Å²) >= 11 is 0. The van der Waals surface area contributed by atoms with Gasteiger partial charge in [-0.1, -0.05) is 56.4 Å². The number of hydrogen-bond acceptors (Lipinski definition) is 3. The smallest absolute Gasteiger partial charge is 0.273 e. The molecule has 5 nitrogen and oxygen atoms in total. The van der Waals surface area contributed by atoms with E-state index >= 15 is 0 Å². The second-order valence-corrected chi connectivity index (χ2v) is 6.79. The van der Waals surface area contributed by atoms with E-state index in [-0.39, 0.29) is 5.91 Å². The highest BCUT2D eigenvalue weighted by Crippen LogP contribution is 2.27. The molecule has 2 amide bonds. The monoisotopic (exact) mass is 339 g/mol. The normalized spacial score (nSPS) is 15.0. The second-order valence-electron chi connectivity index (χ2n) is 6.79. The van der Waals surface area contributed by atoms with Crippen LogP contribution in [0.2, 0.25) is 0 Å². The summed E-state index contributed by atoms with van der Waals surface area (Å²) in [6.45, 7) is 0. The second kappa shape index (κ2) is 8.60. The summed E-state index contributed by atoms with van der Waals surface area (Å²) in [6.07, 6.45) is 9.03. The number of carbonyl (C=O) groups is 2. The standard InChI is InChI=1S/C20H25N3O2/c24-19(12-6-9-15-7-2-1-3-8-15)22-23-20(25)18-14-13-16-10-4-5-11-17(16)21-18/h4-5,10-11,13-15H,1-3,6-9,12H2,(H,22,24)(H,23,25). The summed E-state index contributed by atoms with van der Waals surface area (Å²) in [5.41, 5.74) is 5.99. The zero-order valence-electron chi connectivity index (χ0n) is 14.5. The van der Waals surface area contributed by atoms with Crippen molar-refractivity contribution in [1.82, 2.24) is 15.8 Å². The van der Waals surface area contributed by atoms with Crippen LogP contribution in [0.1, 0.15) is 61.9 Å². The molecule has 1 fully saturated rings. The number of rotatable bonds is 5. The van der Waals surface area contributed by atoms with Crippen LogP contribution in [0.4, 0.5) is 0 Å². The molecule has 0 atom stereocenters. The summed E-state index contributed by atoms with van der Waals surface area (Å²) in [5.74, 6) is 0.231. The topological polar surface area (TPSA) is 71.1 Å². The van der Waals surface area contributed by atoms with Crippen molar-refractivity contribution < 1.29 is 9.59 Å². The maximum absolute atomic E-state index is 12.1. The molecule has 2 N–H and O–H groups in total. The summed E-state index contributed by atoms with van der Waals surface area (Å²) in [5, 5.41) is 0.978. The van der Waals surface area contributed by atoms with Crippen molar-refractivity contribution in [3.05, 3.63) is 42.1 Å². The number of benzene rings is 1. The van der Waals surface area contributed by atoms with Gasteiger partial charge in [0.25, 0.3) is 5.91 Å². The van der Waals surface area contributed by atoms with Crippen LogP contribution in [-0.2, 0) is 4.79 Å². The number of hydrogen-bond donors (Lipinski definition) is 2. The first-order valence-electron chi connectivity index (χ1n) is 9.17. The lowest BCUT2D eigenvalue weighted by atomic mass is 9.86. The molecule has 0 unspecified atom stereocenters. The van der Waals surface area contributed by atoms with Crippen LogP contribution in [0.25, 0.3) is 10.9 Å². The van der Waals surface area contributed by atoms with Crippen molar-refractivity contribution in [2.75, 3.05) is 0 Å². The predicted molar refractivity (Wildman–Crippen MR) is 97.8 cm³/mol. The first kappa shape index (κ1) is 17.4. The Kier molecular flexibility index (Phi) is 5.99. The minimum absolute atomic E-state index is 0.148. The Morgan fingerprint density at radius 2 is 1.80 bits per heavy atom. The fourth-order valence-corrected chi connectivity index (χ4v) is 3.47. The van der Waals surface area contributed by atoms with Crippen molar-refractivity contribution in [3.63, 3.8) is 0 Å². The number of hydrazine groups is 1. The van der Waals surface area contributed by atoms with Gasteiger partial charge in [-0.25, -0.2) is 4.98 Å². The quantitative estimate of drug-likeness (QED) is 0.815. The molecule has 1 aliphatic rings. The third-order valence-electron chi connectivity index (χ3n) is 4.89. The van der Waals surface area contributed by atoms with Crippen LogP contribution in [-0.4, -0.2) is 16.8 Å². The fraction of sp³-hybridized carbons (Fsp3) is 0.450. The van der Waals surface area contributed by atoms with Crippen molar-refractivity contribution in [1.29, 1.82) is 0 Å². The number of carbonyl (C=O) groups excluding carboxylic acids is 2. The van der Waals surface area contributed by atoms with Gasteiger partial charge in [-0.3, -0.25) is 20.4 Å². The molecule has 2 aromatic rings. The summed E-state index contributed by atoms with van der Waals surface area (Å²) in [4.78, 5) is 28.3. The van der Waals surface area contributed by atoms with Gasteiger partial charge in [0, 0.05) is 11.8 Å². The Morgan fingerprint density at radius 3 is 2.64 bits per heavy atom. The molecule has 0 radical (unpaired) electrons. The molecule has 132 valence electrons. The van der Waals surface area contributed by atoms with Gasteiger partial charge >= 0.3 is 0 Å².